The van der Waals surface area contributed by atoms with Gasteiger partial charge in [0.15, 0.2) is 0 Å². The molecule has 8 aromatic carbocycles. The maximum atomic E-state index is 5.75. The number of benzene rings is 8. The van der Waals surface area contributed by atoms with Crippen molar-refractivity contribution in [3.63, 3.8) is 0 Å². The first-order valence-electron chi connectivity index (χ1n) is 29.6. The van der Waals surface area contributed by atoms with Crippen LogP contribution in [0.5, 0.6) is 0 Å². The van der Waals surface area contributed by atoms with Gasteiger partial charge in [0.25, 0.3) is 0 Å². The minimum atomic E-state index is -1.03. The molecule has 2 aliphatic rings. The molecule has 0 radical (unpaired) electrons. The van der Waals surface area contributed by atoms with E-state index in [4.69, 9.17) is 19.9 Å². The minimum absolute atomic E-state index is 0.641. The van der Waals surface area contributed by atoms with E-state index in [1.807, 2.05) is 24.8 Å². The average molecular weight is 1120 g/mol. The lowest BCUT2D eigenvalue weighted by atomic mass is 9.39. The van der Waals surface area contributed by atoms with Crippen molar-refractivity contribution in [1.82, 2.24) is 19.9 Å². The van der Waals surface area contributed by atoms with E-state index in [2.05, 4.69) is 328 Å². The Balaban J connectivity index is 1.15. The average Bonchev–Trinajstić information content (AvgIpc) is 1.44. The van der Waals surface area contributed by atoms with Crippen LogP contribution in [0.25, 0.3) is 22.8 Å². The Kier molecular flexibility index (Phi) is 13.3. The second-order valence-corrected chi connectivity index (χ2v) is 24.4. The number of para-hydroxylation sites is 8. The van der Waals surface area contributed by atoms with E-state index >= 15 is 0 Å². The van der Waals surface area contributed by atoms with Gasteiger partial charge in [-0.2, -0.15) is 0 Å². The fourth-order valence-electron chi connectivity index (χ4n) is 14.4. The van der Waals surface area contributed by atoms with Gasteiger partial charge in [-0.05, 0) is 154 Å². The highest BCUT2D eigenvalue weighted by molar-refractivity contribution is 5.92. The molecule has 2 aliphatic carbocycles. The highest BCUT2D eigenvalue weighted by atomic mass is 15.2. The lowest BCUT2D eigenvalue weighted by molar-refractivity contribution is 0.0590. The third-order valence-electron chi connectivity index (χ3n) is 17.5. The maximum Gasteiger partial charge on any atom is 0.0932 e. The van der Waals surface area contributed by atoms with Crippen LogP contribution in [0.15, 0.2) is 292 Å². The monoisotopic (exact) mass is 1110 g/mol. The largest absolute Gasteiger partial charge is 0.309 e. The van der Waals surface area contributed by atoms with E-state index in [9.17, 15) is 0 Å². The topological polar surface area (TPSA) is 64.5 Å². The molecule has 14 rings (SSSR count). The van der Waals surface area contributed by atoms with E-state index in [1.54, 1.807) is 0 Å². The van der Waals surface area contributed by atoms with Gasteiger partial charge in [-0.1, -0.05) is 187 Å². The SMILES string of the molecule is CC(C)(C)C1(C2(C(C)(C)C)c3cc(N(c4ccccc4)c4ccccc4)cnc3-c3ncc(N(c4ccccc4)c4ccccc4)cc32)c2cc(N(c3ccccc3)c3ccccc3)cnc2-c2ncc(N(c3ccccc3)c3ccccc3)cc21. The van der Waals surface area contributed by atoms with Crippen molar-refractivity contribution in [2.45, 2.75) is 52.4 Å². The summed E-state index contributed by atoms with van der Waals surface area (Å²) in [6.07, 6.45) is 8.19. The van der Waals surface area contributed by atoms with Crippen LogP contribution >= 0.6 is 0 Å². The predicted molar refractivity (Wildman–Crippen MR) is 354 cm³/mol. The molecule has 86 heavy (non-hydrogen) atoms. The molecule has 0 aliphatic heterocycles. The van der Waals surface area contributed by atoms with E-state index < -0.39 is 21.7 Å². The summed E-state index contributed by atoms with van der Waals surface area (Å²) < 4.78 is 0. The van der Waals surface area contributed by atoms with Gasteiger partial charge in [-0.15, -0.1) is 0 Å². The van der Waals surface area contributed by atoms with Crippen LogP contribution in [0.3, 0.4) is 0 Å². The molecule has 0 saturated carbocycles. The normalized spacial score (nSPS) is 13.4. The molecule has 4 aromatic heterocycles. The van der Waals surface area contributed by atoms with Gasteiger partial charge in [-0.25, -0.2) is 0 Å². The molecular weight excluding hydrogens is 1050 g/mol. The molecular formula is C78H66N8. The van der Waals surface area contributed by atoms with Crippen LogP contribution in [0, 0.1) is 10.8 Å². The van der Waals surface area contributed by atoms with Gasteiger partial charge in [0.2, 0.25) is 0 Å². The van der Waals surface area contributed by atoms with Gasteiger partial charge >= 0.3 is 0 Å². The molecule has 8 heteroatoms. The molecule has 0 fully saturated rings. The summed E-state index contributed by atoms with van der Waals surface area (Å²) in [6, 6.07) is 95.0. The Labute approximate surface area is 505 Å². The zero-order valence-corrected chi connectivity index (χ0v) is 49.3. The van der Waals surface area contributed by atoms with E-state index in [0.29, 0.717) is 0 Å². The lowest BCUT2D eigenvalue weighted by Gasteiger charge is -2.61. The molecule has 0 spiro atoms. The summed E-state index contributed by atoms with van der Waals surface area (Å²) in [7, 11) is 0. The summed E-state index contributed by atoms with van der Waals surface area (Å²) >= 11 is 0. The predicted octanol–water partition coefficient (Wildman–Crippen LogP) is 20.5. The van der Waals surface area contributed by atoms with Gasteiger partial charge < -0.3 is 19.6 Å². The van der Waals surface area contributed by atoms with Crippen molar-refractivity contribution < 1.29 is 0 Å². The Morgan fingerprint density at radius 2 is 0.372 bits per heavy atom. The van der Waals surface area contributed by atoms with Crippen LogP contribution in [-0.2, 0) is 10.8 Å². The smallest absolute Gasteiger partial charge is 0.0932 e. The third kappa shape index (κ3) is 8.57. The summed E-state index contributed by atoms with van der Waals surface area (Å²) in [5.41, 5.74) is 16.2. The quantitative estimate of drug-likeness (QED) is 0.113. The van der Waals surface area contributed by atoms with Crippen molar-refractivity contribution in [3.05, 3.63) is 314 Å². The van der Waals surface area contributed by atoms with Crippen molar-refractivity contribution in [2.75, 3.05) is 19.6 Å². The summed E-state index contributed by atoms with van der Waals surface area (Å²) in [4.78, 5) is 32.4. The van der Waals surface area contributed by atoms with Crippen molar-refractivity contribution in [3.8, 4) is 22.8 Å². The van der Waals surface area contributed by atoms with E-state index in [-0.39, 0.29) is 0 Å². The summed E-state index contributed by atoms with van der Waals surface area (Å²) in [6.45, 7) is 14.6. The number of nitrogens with zero attached hydrogens (tertiary/aromatic N) is 8. The Morgan fingerprint density at radius 1 is 0.221 bits per heavy atom. The number of aromatic nitrogens is 4. The maximum absolute atomic E-state index is 5.75. The van der Waals surface area contributed by atoms with Gasteiger partial charge in [-0.3, -0.25) is 19.9 Å². The number of fused-ring (bicyclic) bond motifs is 6. The second kappa shape index (κ2) is 21.3. The molecule has 0 unspecified atom stereocenters. The number of pyridine rings is 4. The first kappa shape index (κ1) is 53.6. The van der Waals surface area contributed by atoms with E-state index in [0.717, 1.165) is 113 Å². The fourth-order valence-corrected chi connectivity index (χ4v) is 14.4. The van der Waals surface area contributed by atoms with Gasteiger partial charge in [0, 0.05) is 56.3 Å². The standard InChI is InChI=1S/C78H66N8/c1-75(2,3)77(67-47-63(83(55-31-15-7-16-32-55)56-33-17-8-18-34-56)51-79-71(67)72-68(77)48-64(52-80-72)84(57-35-19-9-20-36-57)58-37-21-10-22-38-58)78(76(4,5)6)69-49-65(85(59-39-23-11-24-40-59)60-41-25-12-26-42-60)53-81-73(69)74-70(78)50-66(54-82-74)86(61-43-27-13-28-44-61)62-45-29-14-30-46-62/h7-54H,1-6H3. The molecule has 8 nitrogen and oxygen atoms in total. The number of hydrogen-bond acceptors (Lipinski definition) is 8. The molecule has 0 amide bonds. The zero-order valence-electron chi connectivity index (χ0n) is 49.3. The number of rotatable bonds is 13. The lowest BCUT2D eigenvalue weighted by Crippen LogP contribution is -2.62. The van der Waals surface area contributed by atoms with Crippen molar-refractivity contribution in [2.24, 2.45) is 10.8 Å². The number of anilines is 12. The van der Waals surface area contributed by atoms with Crippen molar-refractivity contribution >= 4 is 68.2 Å². The Bertz CT molecular complexity index is 3660. The molecule has 418 valence electrons. The van der Waals surface area contributed by atoms with Gasteiger partial charge in [0.05, 0.1) is 70.3 Å². The molecule has 12 aromatic rings. The molecule has 0 atom stereocenters. The number of hydrogen-bond donors (Lipinski definition) is 0. The van der Waals surface area contributed by atoms with Crippen LogP contribution < -0.4 is 19.6 Å². The summed E-state index contributed by atoms with van der Waals surface area (Å²) in [5, 5.41) is 0. The Hall–Kier alpha value is -10.4. The molecule has 4 heterocycles. The molecule has 0 N–H and O–H groups in total. The first-order valence-corrected chi connectivity index (χ1v) is 29.6. The molecule has 0 bridgehead atoms. The van der Waals surface area contributed by atoms with Crippen LogP contribution in [0.1, 0.15) is 63.8 Å². The first-order chi connectivity index (χ1) is 42.0. The molecule has 0 saturated heterocycles. The zero-order chi connectivity index (χ0) is 58.6. The fraction of sp³-hybridized carbons (Fsp3) is 0.128. The Morgan fingerprint density at radius 3 is 0.512 bits per heavy atom. The highest BCUT2D eigenvalue weighted by Crippen LogP contribution is 2.75. The van der Waals surface area contributed by atoms with Crippen molar-refractivity contribution in [1.29, 1.82) is 0 Å². The second-order valence-electron chi connectivity index (χ2n) is 24.4. The van der Waals surface area contributed by atoms with Crippen LogP contribution in [0.2, 0.25) is 0 Å². The van der Waals surface area contributed by atoms with Crippen LogP contribution in [0.4, 0.5) is 68.2 Å². The summed E-state index contributed by atoms with van der Waals surface area (Å²) in [5.74, 6) is 0. The third-order valence-corrected chi connectivity index (χ3v) is 17.5. The van der Waals surface area contributed by atoms with Gasteiger partial charge in [0.1, 0.15) is 0 Å². The highest BCUT2D eigenvalue weighted by Gasteiger charge is 2.72. The van der Waals surface area contributed by atoms with E-state index in [1.165, 1.54) is 0 Å². The minimum Gasteiger partial charge on any atom is -0.309 e. The van der Waals surface area contributed by atoms with Crippen LogP contribution in [-0.4, -0.2) is 19.9 Å².